The number of aromatic hydroxyl groups is 1. The number of nitrogens with zero attached hydrogens (tertiary/aromatic N) is 3. The lowest BCUT2D eigenvalue weighted by atomic mass is 10.2. The van der Waals surface area contributed by atoms with Gasteiger partial charge in [-0.2, -0.15) is 15.3 Å². The molecular weight excluding hydrogens is 368 g/mol. The molecule has 1 amide bonds. The van der Waals surface area contributed by atoms with Crippen molar-refractivity contribution in [3.63, 3.8) is 0 Å². The Labute approximate surface area is 166 Å². The fourth-order valence-corrected chi connectivity index (χ4v) is 2.63. The van der Waals surface area contributed by atoms with Gasteiger partial charge in [-0.05, 0) is 42.5 Å². The van der Waals surface area contributed by atoms with Gasteiger partial charge in [0.15, 0.2) is 5.76 Å². The number of azo groups is 1. The zero-order valence-electron chi connectivity index (χ0n) is 15.2. The van der Waals surface area contributed by atoms with E-state index in [0.29, 0.717) is 22.5 Å². The van der Waals surface area contributed by atoms with E-state index in [9.17, 15) is 9.90 Å². The number of nitrogens with one attached hydrogen (secondary N) is 1. The Morgan fingerprint density at radius 1 is 0.897 bits per heavy atom. The van der Waals surface area contributed by atoms with Crippen LogP contribution < -0.4 is 5.43 Å². The predicted molar refractivity (Wildman–Crippen MR) is 110 cm³/mol. The number of rotatable bonds is 5. The number of benzene rings is 3. The summed E-state index contributed by atoms with van der Waals surface area (Å²) in [6.45, 7) is 0. The van der Waals surface area contributed by atoms with Crippen molar-refractivity contribution in [3.8, 4) is 5.75 Å². The van der Waals surface area contributed by atoms with Gasteiger partial charge in [0.25, 0.3) is 0 Å². The highest BCUT2D eigenvalue weighted by atomic mass is 16.3. The Hall–Kier alpha value is -4.26. The zero-order chi connectivity index (χ0) is 20.1. The van der Waals surface area contributed by atoms with Gasteiger partial charge in [-0.3, -0.25) is 4.79 Å². The first-order chi connectivity index (χ1) is 14.2. The summed E-state index contributed by atoms with van der Waals surface area (Å²) in [5.41, 5.74) is 4.65. The summed E-state index contributed by atoms with van der Waals surface area (Å²) >= 11 is 0. The van der Waals surface area contributed by atoms with Gasteiger partial charge < -0.3 is 9.52 Å². The largest absolute Gasteiger partial charge is 0.507 e. The summed E-state index contributed by atoms with van der Waals surface area (Å²) in [6.07, 6.45) is 1.33. The van der Waals surface area contributed by atoms with Crippen LogP contribution in [0.4, 0.5) is 11.4 Å². The zero-order valence-corrected chi connectivity index (χ0v) is 15.2. The average Bonchev–Trinajstić information content (AvgIpc) is 3.19. The van der Waals surface area contributed by atoms with Crippen molar-refractivity contribution < 1.29 is 14.3 Å². The first kappa shape index (κ1) is 18.1. The molecule has 0 saturated carbocycles. The van der Waals surface area contributed by atoms with E-state index in [-0.39, 0.29) is 11.5 Å². The molecule has 4 aromatic rings. The normalized spacial score (nSPS) is 11.4. The van der Waals surface area contributed by atoms with Gasteiger partial charge in [0.05, 0.1) is 17.6 Å². The highest BCUT2D eigenvalue weighted by molar-refractivity contribution is 5.96. The molecule has 1 heterocycles. The number of hydrazone groups is 1. The van der Waals surface area contributed by atoms with Crippen LogP contribution in [0.1, 0.15) is 16.1 Å². The van der Waals surface area contributed by atoms with Crippen molar-refractivity contribution in [1.29, 1.82) is 0 Å². The minimum atomic E-state index is -0.489. The fourth-order valence-electron chi connectivity index (χ4n) is 2.63. The summed E-state index contributed by atoms with van der Waals surface area (Å²) in [7, 11) is 0. The standard InChI is InChI=1S/C22H16N4O3/c27-19-11-10-18(25-24-17-7-2-1-3-8-17)12-16(19)14-23-26-22(28)21-13-15-6-4-5-9-20(15)29-21/h1-14,27H,(H,26,28)/b23-14+,25-24?. The van der Waals surface area contributed by atoms with Crippen molar-refractivity contribution >= 4 is 34.5 Å². The molecule has 29 heavy (non-hydrogen) atoms. The van der Waals surface area contributed by atoms with E-state index in [2.05, 4.69) is 20.8 Å². The highest BCUT2D eigenvalue weighted by Crippen LogP contribution is 2.24. The van der Waals surface area contributed by atoms with Gasteiger partial charge in [-0.15, -0.1) is 0 Å². The number of furan rings is 1. The van der Waals surface area contributed by atoms with Crippen LogP contribution in [0.15, 0.2) is 98.6 Å². The molecule has 2 N–H and O–H groups in total. The van der Waals surface area contributed by atoms with Gasteiger partial charge in [0.1, 0.15) is 11.3 Å². The lowest BCUT2D eigenvalue weighted by molar-refractivity contribution is 0.0929. The fraction of sp³-hybridized carbons (Fsp3) is 0. The maximum Gasteiger partial charge on any atom is 0.307 e. The third kappa shape index (κ3) is 4.36. The lowest BCUT2D eigenvalue weighted by Gasteiger charge is -2.00. The van der Waals surface area contributed by atoms with Gasteiger partial charge >= 0.3 is 5.91 Å². The molecule has 0 radical (unpaired) electrons. The molecule has 0 saturated heterocycles. The van der Waals surface area contributed by atoms with Gasteiger partial charge in [-0.25, -0.2) is 5.43 Å². The molecule has 0 unspecified atom stereocenters. The number of carbonyl (C=O) groups is 1. The van der Waals surface area contributed by atoms with Crippen molar-refractivity contribution in [2.75, 3.05) is 0 Å². The molecule has 0 aliphatic carbocycles. The Morgan fingerprint density at radius 2 is 1.66 bits per heavy atom. The summed E-state index contributed by atoms with van der Waals surface area (Å²) in [5.74, 6) is -0.333. The number of fused-ring (bicyclic) bond motifs is 1. The first-order valence-electron chi connectivity index (χ1n) is 8.81. The summed E-state index contributed by atoms with van der Waals surface area (Å²) in [5, 5.41) is 23.0. The topological polar surface area (TPSA) is 99.6 Å². The number of phenolic OH excluding ortho intramolecular Hbond substituents is 1. The Kier molecular flexibility index (Phi) is 5.11. The Balaban J connectivity index is 1.46. The van der Waals surface area contributed by atoms with E-state index >= 15 is 0 Å². The lowest BCUT2D eigenvalue weighted by Crippen LogP contribution is -2.16. The van der Waals surface area contributed by atoms with Crippen LogP contribution in [0.2, 0.25) is 0 Å². The maximum atomic E-state index is 12.2. The summed E-state index contributed by atoms with van der Waals surface area (Å²) in [4.78, 5) is 12.2. The average molecular weight is 384 g/mol. The van der Waals surface area contributed by atoms with E-state index in [4.69, 9.17) is 4.42 Å². The molecular formula is C22H16N4O3. The van der Waals surface area contributed by atoms with Crippen LogP contribution in [-0.4, -0.2) is 17.2 Å². The second kappa shape index (κ2) is 8.18. The van der Waals surface area contributed by atoms with Gasteiger partial charge in [0, 0.05) is 10.9 Å². The molecule has 0 aliphatic heterocycles. The van der Waals surface area contributed by atoms with Crippen LogP contribution in [0.25, 0.3) is 11.0 Å². The predicted octanol–water partition coefficient (Wildman–Crippen LogP) is 5.32. The van der Waals surface area contributed by atoms with Crippen molar-refractivity contribution in [2.45, 2.75) is 0 Å². The molecule has 142 valence electrons. The van der Waals surface area contributed by atoms with Crippen LogP contribution in [0, 0.1) is 0 Å². The van der Waals surface area contributed by atoms with E-state index in [1.165, 1.54) is 12.3 Å². The molecule has 0 bridgehead atoms. The smallest absolute Gasteiger partial charge is 0.307 e. The van der Waals surface area contributed by atoms with Crippen molar-refractivity contribution in [3.05, 3.63) is 90.2 Å². The number of hydrogen-bond donors (Lipinski definition) is 2. The molecule has 7 nitrogen and oxygen atoms in total. The highest BCUT2D eigenvalue weighted by Gasteiger charge is 2.11. The minimum absolute atomic E-state index is 0.00500. The van der Waals surface area contributed by atoms with E-state index in [1.54, 1.807) is 24.3 Å². The number of para-hydroxylation sites is 1. The third-order valence-corrected chi connectivity index (χ3v) is 4.07. The molecule has 1 aromatic heterocycles. The van der Waals surface area contributed by atoms with E-state index in [0.717, 1.165) is 5.39 Å². The molecule has 0 aliphatic rings. The van der Waals surface area contributed by atoms with Crippen LogP contribution in [0.5, 0.6) is 5.75 Å². The SMILES string of the molecule is O=C(N/N=C/c1cc(N=Nc2ccccc2)ccc1O)c1cc2ccccc2o1. The number of amides is 1. The van der Waals surface area contributed by atoms with E-state index < -0.39 is 5.91 Å². The molecule has 3 aromatic carbocycles. The maximum absolute atomic E-state index is 12.2. The first-order valence-corrected chi connectivity index (χ1v) is 8.81. The molecule has 4 rings (SSSR count). The summed E-state index contributed by atoms with van der Waals surface area (Å²) in [6, 6.07) is 23.0. The second-order valence-electron chi connectivity index (χ2n) is 6.13. The van der Waals surface area contributed by atoms with Crippen LogP contribution >= 0.6 is 0 Å². The molecule has 0 fully saturated rings. The third-order valence-electron chi connectivity index (χ3n) is 4.07. The molecule has 7 heteroatoms. The Morgan fingerprint density at radius 3 is 2.48 bits per heavy atom. The van der Waals surface area contributed by atoms with Gasteiger partial charge in [0.2, 0.25) is 0 Å². The van der Waals surface area contributed by atoms with Crippen LogP contribution in [-0.2, 0) is 0 Å². The van der Waals surface area contributed by atoms with E-state index in [1.807, 2.05) is 48.5 Å². The quantitative estimate of drug-likeness (QED) is 0.277. The molecule has 0 spiro atoms. The van der Waals surface area contributed by atoms with Crippen molar-refractivity contribution in [2.24, 2.45) is 15.3 Å². The number of carbonyl (C=O) groups excluding carboxylic acids is 1. The van der Waals surface area contributed by atoms with Crippen LogP contribution in [0.3, 0.4) is 0 Å². The Bertz CT molecular complexity index is 1180. The van der Waals surface area contributed by atoms with Crippen molar-refractivity contribution in [1.82, 2.24) is 5.43 Å². The monoisotopic (exact) mass is 384 g/mol. The summed E-state index contributed by atoms with van der Waals surface area (Å²) < 4.78 is 5.49. The number of phenols is 1. The minimum Gasteiger partial charge on any atom is -0.507 e. The molecule has 0 atom stereocenters. The second-order valence-corrected chi connectivity index (χ2v) is 6.13. The number of hydrogen-bond acceptors (Lipinski definition) is 6. The van der Waals surface area contributed by atoms with Gasteiger partial charge in [-0.1, -0.05) is 36.4 Å².